The van der Waals surface area contributed by atoms with Crippen LogP contribution in [0.5, 0.6) is 0 Å². The number of aromatic nitrogens is 4. The largest absolute Gasteiger partial charge is 0.366 e. The van der Waals surface area contributed by atoms with Gasteiger partial charge in [0.05, 0.1) is 6.20 Å². The number of benzene rings is 1. The highest BCUT2D eigenvalue weighted by Gasteiger charge is 2.10. The Morgan fingerprint density at radius 3 is 2.76 bits per heavy atom. The minimum absolute atomic E-state index is 0.685. The second-order valence-corrected chi connectivity index (χ2v) is 6.15. The summed E-state index contributed by atoms with van der Waals surface area (Å²) in [5.74, 6) is 0.821. The molecule has 25 heavy (non-hydrogen) atoms. The summed E-state index contributed by atoms with van der Waals surface area (Å²) < 4.78 is 1.81. The predicted molar refractivity (Wildman–Crippen MR) is 99.5 cm³/mol. The van der Waals surface area contributed by atoms with Crippen LogP contribution in [-0.2, 0) is 6.54 Å². The Kier molecular flexibility index (Phi) is 3.90. The fraction of sp³-hybridized carbons (Fsp3) is 0.150. The minimum atomic E-state index is 0.685. The average Bonchev–Trinajstić information content (AvgIpc) is 3.06. The number of aryl methyl sites for hydroxylation is 2. The molecule has 4 aromatic rings. The van der Waals surface area contributed by atoms with Crippen LogP contribution in [0.25, 0.3) is 16.8 Å². The van der Waals surface area contributed by atoms with Crippen LogP contribution in [0.1, 0.15) is 16.7 Å². The highest BCUT2D eigenvalue weighted by molar-refractivity contribution is 5.78. The lowest BCUT2D eigenvalue weighted by molar-refractivity contribution is 0.936. The van der Waals surface area contributed by atoms with Gasteiger partial charge < -0.3 is 5.32 Å². The number of nitrogens with one attached hydrogen (secondary N) is 1. The lowest BCUT2D eigenvalue weighted by Gasteiger charge is -2.07. The summed E-state index contributed by atoms with van der Waals surface area (Å²) in [6, 6.07) is 12.3. The van der Waals surface area contributed by atoms with E-state index in [0.717, 1.165) is 28.2 Å². The molecule has 0 bridgehead atoms. The predicted octanol–water partition coefficient (Wildman–Crippen LogP) is 4.02. The fourth-order valence-electron chi connectivity index (χ4n) is 2.78. The molecule has 0 aliphatic heterocycles. The van der Waals surface area contributed by atoms with Crippen LogP contribution in [0, 0.1) is 13.8 Å². The molecule has 0 atom stereocenters. The normalized spacial score (nSPS) is 11.0. The standard InChI is InChI=1S/C20H19N5/c1-14-5-6-17(10-15(14)2)18-13-23-25-9-7-19(24-20(18)25)22-12-16-4-3-8-21-11-16/h3-11,13H,12H2,1-2H3,(H,22,24). The van der Waals surface area contributed by atoms with Crippen molar-refractivity contribution in [2.45, 2.75) is 20.4 Å². The molecule has 0 saturated carbocycles. The van der Waals surface area contributed by atoms with Gasteiger partial charge in [0.1, 0.15) is 5.82 Å². The van der Waals surface area contributed by atoms with Gasteiger partial charge in [-0.2, -0.15) is 5.10 Å². The first-order valence-corrected chi connectivity index (χ1v) is 8.25. The molecule has 3 aromatic heterocycles. The molecule has 0 amide bonds. The maximum Gasteiger partial charge on any atom is 0.165 e. The Labute approximate surface area is 146 Å². The molecule has 1 aromatic carbocycles. The van der Waals surface area contributed by atoms with Crippen LogP contribution < -0.4 is 5.32 Å². The summed E-state index contributed by atoms with van der Waals surface area (Å²) in [5, 5.41) is 7.77. The summed E-state index contributed by atoms with van der Waals surface area (Å²) in [6.45, 7) is 4.93. The van der Waals surface area contributed by atoms with Gasteiger partial charge in [-0.25, -0.2) is 9.50 Å². The molecule has 0 fully saturated rings. The highest BCUT2D eigenvalue weighted by atomic mass is 15.2. The van der Waals surface area contributed by atoms with Crippen LogP contribution in [0.2, 0.25) is 0 Å². The van der Waals surface area contributed by atoms with Crippen molar-refractivity contribution >= 4 is 11.5 Å². The van der Waals surface area contributed by atoms with Gasteiger partial charge in [-0.15, -0.1) is 0 Å². The van der Waals surface area contributed by atoms with E-state index in [9.17, 15) is 0 Å². The van der Waals surface area contributed by atoms with E-state index in [0.29, 0.717) is 6.54 Å². The SMILES string of the molecule is Cc1ccc(-c2cnn3ccc(NCc4cccnc4)nc23)cc1C. The number of fused-ring (bicyclic) bond motifs is 1. The summed E-state index contributed by atoms with van der Waals surface area (Å²) in [6.07, 6.45) is 7.43. The third-order valence-corrected chi connectivity index (χ3v) is 4.38. The van der Waals surface area contributed by atoms with Crippen molar-refractivity contribution in [2.75, 3.05) is 5.32 Å². The number of anilines is 1. The van der Waals surface area contributed by atoms with Gasteiger partial charge >= 0.3 is 0 Å². The molecular formula is C20H19N5. The monoisotopic (exact) mass is 329 g/mol. The molecule has 3 heterocycles. The molecular weight excluding hydrogens is 310 g/mol. The van der Waals surface area contributed by atoms with Crippen molar-refractivity contribution in [3.63, 3.8) is 0 Å². The van der Waals surface area contributed by atoms with Gasteiger partial charge in [-0.05, 0) is 48.2 Å². The van der Waals surface area contributed by atoms with Crippen LogP contribution in [0.3, 0.4) is 0 Å². The lowest BCUT2D eigenvalue weighted by atomic mass is 10.0. The van der Waals surface area contributed by atoms with E-state index in [-0.39, 0.29) is 0 Å². The topological polar surface area (TPSA) is 55.1 Å². The number of nitrogens with zero attached hydrogens (tertiary/aromatic N) is 4. The van der Waals surface area contributed by atoms with E-state index in [1.807, 2.05) is 36.8 Å². The number of hydrogen-bond acceptors (Lipinski definition) is 4. The van der Waals surface area contributed by atoms with E-state index in [4.69, 9.17) is 4.98 Å². The van der Waals surface area contributed by atoms with E-state index < -0.39 is 0 Å². The zero-order valence-corrected chi connectivity index (χ0v) is 14.3. The Bertz CT molecular complexity index is 1020. The average molecular weight is 329 g/mol. The number of pyridine rings is 1. The lowest BCUT2D eigenvalue weighted by Crippen LogP contribution is -2.03. The van der Waals surface area contributed by atoms with Crippen molar-refractivity contribution in [1.29, 1.82) is 0 Å². The molecule has 1 N–H and O–H groups in total. The Balaban J connectivity index is 1.66. The summed E-state index contributed by atoms with van der Waals surface area (Å²) in [4.78, 5) is 8.88. The first-order chi connectivity index (χ1) is 12.2. The van der Waals surface area contributed by atoms with E-state index in [1.54, 1.807) is 10.7 Å². The van der Waals surface area contributed by atoms with Crippen molar-refractivity contribution in [1.82, 2.24) is 19.6 Å². The Hall–Kier alpha value is -3.21. The van der Waals surface area contributed by atoms with E-state index >= 15 is 0 Å². The van der Waals surface area contributed by atoms with Gasteiger partial charge in [-0.3, -0.25) is 4.98 Å². The van der Waals surface area contributed by atoms with E-state index in [1.165, 1.54) is 11.1 Å². The molecule has 4 rings (SSSR count). The van der Waals surface area contributed by atoms with Crippen molar-refractivity contribution < 1.29 is 0 Å². The fourth-order valence-corrected chi connectivity index (χ4v) is 2.78. The molecule has 0 saturated heterocycles. The zero-order chi connectivity index (χ0) is 17.2. The second-order valence-electron chi connectivity index (χ2n) is 6.15. The first-order valence-electron chi connectivity index (χ1n) is 8.25. The van der Waals surface area contributed by atoms with Gasteiger partial charge in [-0.1, -0.05) is 24.3 Å². The van der Waals surface area contributed by atoms with Crippen molar-refractivity contribution in [2.24, 2.45) is 0 Å². The quantitative estimate of drug-likeness (QED) is 0.614. The Morgan fingerprint density at radius 2 is 1.96 bits per heavy atom. The van der Waals surface area contributed by atoms with Gasteiger partial charge in [0.25, 0.3) is 0 Å². The zero-order valence-electron chi connectivity index (χ0n) is 14.3. The highest BCUT2D eigenvalue weighted by Crippen LogP contribution is 2.26. The molecule has 0 unspecified atom stereocenters. The van der Waals surface area contributed by atoms with Gasteiger partial charge in [0, 0.05) is 30.7 Å². The van der Waals surface area contributed by atoms with Gasteiger partial charge in [0.15, 0.2) is 5.65 Å². The maximum absolute atomic E-state index is 4.75. The molecule has 0 aliphatic carbocycles. The molecule has 5 heteroatoms. The number of rotatable bonds is 4. The second kappa shape index (κ2) is 6.36. The summed E-state index contributed by atoms with van der Waals surface area (Å²) in [5.41, 5.74) is 6.68. The molecule has 124 valence electrons. The third-order valence-electron chi connectivity index (χ3n) is 4.38. The molecule has 5 nitrogen and oxygen atoms in total. The van der Waals surface area contributed by atoms with Crippen molar-refractivity contribution in [3.8, 4) is 11.1 Å². The minimum Gasteiger partial charge on any atom is -0.366 e. The molecule has 0 spiro atoms. The third kappa shape index (κ3) is 3.08. The first kappa shape index (κ1) is 15.3. The summed E-state index contributed by atoms with van der Waals surface area (Å²) >= 11 is 0. The van der Waals surface area contributed by atoms with Crippen LogP contribution in [0.4, 0.5) is 5.82 Å². The molecule has 0 aliphatic rings. The Morgan fingerprint density at radius 1 is 1.04 bits per heavy atom. The summed E-state index contributed by atoms with van der Waals surface area (Å²) in [7, 11) is 0. The van der Waals surface area contributed by atoms with Crippen LogP contribution in [-0.4, -0.2) is 19.6 Å². The van der Waals surface area contributed by atoms with Crippen LogP contribution >= 0.6 is 0 Å². The smallest absolute Gasteiger partial charge is 0.165 e. The van der Waals surface area contributed by atoms with Gasteiger partial charge in [0.2, 0.25) is 0 Å². The maximum atomic E-state index is 4.75. The number of hydrogen-bond donors (Lipinski definition) is 1. The van der Waals surface area contributed by atoms with Crippen LogP contribution in [0.15, 0.2) is 61.2 Å². The van der Waals surface area contributed by atoms with E-state index in [2.05, 4.69) is 47.4 Å². The van der Waals surface area contributed by atoms with Crippen molar-refractivity contribution in [3.05, 3.63) is 77.9 Å². The molecule has 0 radical (unpaired) electrons.